The second kappa shape index (κ2) is 6.86. The standard InChI is InChI=1S/C19H26N4O2/c1-14(2)16-20-18(25-21-16)23-12-10-22(11-13-23)17(24)19(3,4)15-8-6-5-7-9-15/h5-9,14H,10-13H2,1-4H3. The molecule has 25 heavy (non-hydrogen) atoms. The summed E-state index contributed by atoms with van der Waals surface area (Å²) in [7, 11) is 0. The first kappa shape index (κ1) is 17.5. The topological polar surface area (TPSA) is 62.5 Å². The average Bonchev–Trinajstić information content (AvgIpc) is 3.12. The van der Waals surface area contributed by atoms with E-state index < -0.39 is 5.41 Å². The summed E-state index contributed by atoms with van der Waals surface area (Å²) in [6.45, 7) is 10.8. The molecule has 1 aromatic heterocycles. The van der Waals surface area contributed by atoms with E-state index in [1.807, 2.05) is 62.9 Å². The first-order chi connectivity index (χ1) is 11.9. The number of benzene rings is 1. The fourth-order valence-corrected chi connectivity index (χ4v) is 3.06. The van der Waals surface area contributed by atoms with Crippen LogP contribution in [-0.2, 0) is 10.2 Å². The van der Waals surface area contributed by atoms with Gasteiger partial charge in [0.25, 0.3) is 0 Å². The minimum atomic E-state index is -0.529. The zero-order chi connectivity index (χ0) is 18.0. The Morgan fingerprint density at radius 1 is 1.12 bits per heavy atom. The van der Waals surface area contributed by atoms with Crippen molar-refractivity contribution in [3.05, 3.63) is 41.7 Å². The van der Waals surface area contributed by atoms with Crippen LogP contribution in [0.25, 0.3) is 0 Å². The van der Waals surface area contributed by atoms with E-state index in [4.69, 9.17) is 4.52 Å². The highest BCUT2D eigenvalue weighted by Crippen LogP contribution is 2.26. The third-order valence-electron chi connectivity index (χ3n) is 4.81. The zero-order valence-electron chi connectivity index (χ0n) is 15.4. The Kier molecular flexibility index (Phi) is 4.79. The predicted octanol–water partition coefficient (Wildman–Crippen LogP) is 2.82. The van der Waals surface area contributed by atoms with Gasteiger partial charge in [0.1, 0.15) is 0 Å². The monoisotopic (exact) mass is 342 g/mol. The second-order valence-corrected chi connectivity index (χ2v) is 7.36. The Hall–Kier alpha value is -2.37. The van der Waals surface area contributed by atoms with Crippen LogP contribution in [0.2, 0.25) is 0 Å². The number of piperazine rings is 1. The zero-order valence-corrected chi connectivity index (χ0v) is 15.4. The molecule has 0 spiro atoms. The molecule has 1 amide bonds. The van der Waals surface area contributed by atoms with Crippen LogP contribution in [0, 0.1) is 0 Å². The van der Waals surface area contributed by atoms with Crippen LogP contribution in [0.4, 0.5) is 6.01 Å². The van der Waals surface area contributed by atoms with Gasteiger partial charge in [-0.2, -0.15) is 4.98 Å². The molecule has 0 bridgehead atoms. The summed E-state index contributed by atoms with van der Waals surface area (Å²) in [6.07, 6.45) is 0. The van der Waals surface area contributed by atoms with Gasteiger partial charge in [0, 0.05) is 32.1 Å². The maximum absolute atomic E-state index is 13.0. The first-order valence-electron chi connectivity index (χ1n) is 8.83. The molecule has 1 aliphatic rings. The minimum Gasteiger partial charge on any atom is -0.338 e. The molecule has 2 heterocycles. The van der Waals surface area contributed by atoms with E-state index in [1.165, 1.54) is 0 Å². The van der Waals surface area contributed by atoms with Crippen molar-refractivity contribution in [2.75, 3.05) is 31.1 Å². The molecular formula is C19H26N4O2. The number of carbonyl (C=O) groups is 1. The predicted molar refractivity (Wildman–Crippen MR) is 96.6 cm³/mol. The Balaban J connectivity index is 1.64. The van der Waals surface area contributed by atoms with Gasteiger partial charge in [-0.3, -0.25) is 4.79 Å². The molecule has 0 unspecified atom stereocenters. The van der Waals surface area contributed by atoms with Crippen molar-refractivity contribution in [1.29, 1.82) is 0 Å². The van der Waals surface area contributed by atoms with Gasteiger partial charge in [0.2, 0.25) is 5.91 Å². The van der Waals surface area contributed by atoms with Gasteiger partial charge in [-0.05, 0) is 19.4 Å². The van der Waals surface area contributed by atoms with E-state index in [-0.39, 0.29) is 11.8 Å². The van der Waals surface area contributed by atoms with Gasteiger partial charge in [-0.1, -0.05) is 49.3 Å². The summed E-state index contributed by atoms with van der Waals surface area (Å²) in [4.78, 5) is 21.4. The van der Waals surface area contributed by atoms with Gasteiger partial charge in [0.15, 0.2) is 5.82 Å². The molecule has 6 heteroatoms. The van der Waals surface area contributed by atoms with Crippen molar-refractivity contribution in [3.8, 4) is 0 Å². The van der Waals surface area contributed by atoms with Crippen molar-refractivity contribution in [3.63, 3.8) is 0 Å². The smallest absolute Gasteiger partial charge is 0.324 e. The summed E-state index contributed by atoms with van der Waals surface area (Å²) in [6, 6.07) is 10.5. The van der Waals surface area contributed by atoms with Crippen LogP contribution in [0.3, 0.4) is 0 Å². The van der Waals surface area contributed by atoms with E-state index in [0.717, 1.165) is 11.4 Å². The number of aromatic nitrogens is 2. The molecule has 134 valence electrons. The maximum atomic E-state index is 13.0. The summed E-state index contributed by atoms with van der Waals surface area (Å²) in [5.41, 5.74) is 0.513. The van der Waals surface area contributed by atoms with Gasteiger partial charge in [0.05, 0.1) is 5.41 Å². The Bertz CT molecular complexity index is 716. The number of hydrogen-bond donors (Lipinski definition) is 0. The molecule has 3 rings (SSSR count). The quantitative estimate of drug-likeness (QED) is 0.855. The molecule has 2 aromatic rings. The first-order valence-corrected chi connectivity index (χ1v) is 8.83. The number of rotatable bonds is 4. The van der Waals surface area contributed by atoms with E-state index in [9.17, 15) is 4.79 Å². The molecular weight excluding hydrogens is 316 g/mol. The van der Waals surface area contributed by atoms with Crippen molar-refractivity contribution in [2.24, 2.45) is 0 Å². The van der Waals surface area contributed by atoms with Crippen LogP contribution < -0.4 is 4.90 Å². The molecule has 0 radical (unpaired) electrons. The second-order valence-electron chi connectivity index (χ2n) is 7.36. The number of nitrogens with zero attached hydrogens (tertiary/aromatic N) is 4. The lowest BCUT2D eigenvalue weighted by Crippen LogP contribution is -2.53. The highest BCUT2D eigenvalue weighted by atomic mass is 16.5. The number of carbonyl (C=O) groups excluding carboxylic acids is 1. The van der Waals surface area contributed by atoms with Crippen molar-refractivity contribution in [1.82, 2.24) is 15.0 Å². The van der Waals surface area contributed by atoms with Crippen LogP contribution in [0.1, 0.15) is 45.0 Å². The summed E-state index contributed by atoms with van der Waals surface area (Å²) < 4.78 is 5.36. The molecule has 0 atom stereocenters. The molecule has 6 nitrogen and oxygen atoms in total. The maximum Gasteiger partial charge on any atom is 0.324 e. The molecule has 0 saturated carbocycles. The molecule has 1 saturated heterocycles. The molecule has 1 aromatic carbocycles. The lowest BCUT2D eigenvalue weighted by molar-refractivity contribution is -0.136. The largest absolute Gasteiger partial charge is 0.338 e. The highest BCUT2D eigenvalue weighted by molar-refractivity contribution is 5.87. The fraction of sp³-hybridized carbons (Fsp3) is 0.526. The number of amides is 1. The summed E-state index contributed by atoms with van der Waals surface area (Å²) >= 11 is 0. The van der Waals surface area contributed by atoms with Gasteiger partial charge in [-0.15, -0.1) is 0 Å². The molecule has 0 aliphatic carbocycles. The Labute approximate surface area is 148 Å². The van der Waals surface area contributed by atoms with E-state index >= 15 is 0 Å². The third-order valence-corrected chi connectivity index (χ3v) is 4.81. The van der Waals surface area contributed by atoms with Gasteiger partial charge >= 0.3 is 6.01 Å². The number of anilines is 1. The minimum absolute atomic E-state index is 0.159. The fourth-order valence-electron chi connectivity index (χ4n) is 3.06. The summed E-state index contributed by atoms with van der Waals surface area (Å²) in [5, 5.41) is 4.02. The van der Waals surface area contributed by atoms with Crippen molar-refractivity contribution >= 4 is 11.9 Å². The number of hydrogen-bond acceptors (Lipinski definition) is 5. The van der Waals surface area contributed by atoms with Crippen LogP contribution in [0.5, 0.6) is 0 Å². The summed E-state index contributed by atoms with van der Waals surface area (Å²) in [5.74, 6) is 1.12. The average molecular weight is 342 g/mol. The third kappa shape index (κ3) is 3.52. The highest BCUT2D eigenvalue weighted by Gasteiger charge is 2.35. The van der Waals surface area contributed by atoms with E-state index in [1.54, 1.807) is 0 Å². The van der Waals surface area contributed by atoms with Crippen molar-refractivity contribution in [2.45, 2.75) is 39.0 Å². The Morgan fingerprint density at radius 3 is 2.32 bits per heavy atom. The SMILES string of the molecule is CC(C)c1noc(N2CCN(C(=O)C(C)(C)c3ccccc3)CC2)n1. The van der Waals surface area contributed by atoms with Crippen molar-refractivity contribution < 1.29 is 9.32 Å². The van der Waals surface area contributed by atoms with E-state index in [0.29, 0.717) is 32.2 Å². The molecule has 1 fully saturated rings. The van der Waals surface area contributed by atoms with Gasteiger partial charge < -0.3 is 14.3 Å². The lowest BCUT2D eigenvalue weighted by atomic mass is 9.83. The van der Waals surface area contributed by atoms with Gasteiger partial charge in [-0.25, -0.2) is 0 Å². The molecule has 1 aliphatic heterocycles. The lowest BCUT2D eigenvalue weighted by Gasteiger charge is -2.38. The van der Waals surface area contributed by atoms with Crippen LogP contribution in [-0.4, -0.2) is 47.1 Å². The van der Waals surface area contributed by atoms with Crippen LogP contribution >= 0.6 is 0 Å². The van der Waals surface area contributed by atoms with Crippen LogP contribution in [0.15, 0.2) is 34.9 Å². The Morgan fingerprint density at radius 2 is 1.76 bits per heavy atom. The normalized spacial score (nSPS) is 15.7. The van der Waals surface area contributed by atoms with E-state index in [2.05, 4.69) is 15.0 Å². The molecule has 0 N–H and O–H groups in total.